The molecule has 2 saturated heterocycles. The van der Waals surface area contributed by atoms with Crippen molar-refractivity contribution in [1.82, 2.24) is 15.1 Å². The van der Waals surface area contributed by atoms with E-state index < -0.39 is 0 Å². The number of rotatable bonds is 4. The van der Waals surface area contributed by atoms with Gasteiger partial charge in [0.25, 0.3) is 0 Å². The number of carbonyl (C=O) groups excluding carboxylic acids is 2. The van der Waals surface area contributed by atoms with Crippen LogP contribution in [-0.4, -0.2) is 54.0 Å². The van der Waals surface area contributed by atoms with E-state index in [9.17, 15) is 9.59 Å². The molecule has 0 radical (unpaired) electrons. The highest BCUT2D eigenvalue weighted by molar-refractivity contribution is 5.78. The maximum atomic E-state index is 12.7. The van der Waals surface area contributed by atoms with Gasteiger partial charge in [0, 0.05) is 38.6 Å². The van der Waals surface area contributed by atoms with Crippen molar-refractivity contribution >= 4 is 11.9 Å². The van der Waals surface area contributed by atoms with Crippen LogP contribution in [-0.2, 0) is 17.6 Å². The van der Waals surface area contributed by atoms with Crippen molar-refractivity contribution in [2.75, 3.05) is 26.2 Å². The molecule has 1 atom stereocenters. The summed E-state index contributed by atoms with van der Waals surface area (Å²) in [6, 6.07) is 8.93. The lowest BCUT2D eigenvalue weighted by Gasteiger charge is -2.34. The maximum absolute atomic E-state index is 12.7. The van der Waals surface area contributed by atoms with E-state index in [4.69, 9.17) is 0 Å². The number of hydrogen-bond donors (Lipinski definition) is 1. The van der Waals surface area contributed by atoms with Crippen molar-refractivity contribution in [2.24, 2.45) is 5.92 Å². The summed E-state index contributed by atoms with van der Waals surface area (Å²) in [4.78, 5) is 28.4. The van der Waals surface area contributed by atoms with E-state index >= 15 is 0 Å². The number of nitrogens with one attached hydrogen (secondary N) is 1. The minimum absolute atomic E-state index is 0.104. The molecule has 5 heteroatoms. The summed E-state index contributed by atoms with van der Waals surface area (Å²) in [6.45, 7) is 3.52. The third kappa shape index (κ3) is 4.45. The monoisotopic (exact) mass is 369 g/mol. The molecule has 2 fully saturated rings. The number of likely N-dealkylation sites (tertiary alicyclic amines) is 2. The zero-order valence-corrected chi connectivity index (χ0v) is 16.2. The van der Waals surface area contributed by atoms with Crippen LogP contribution in [0.3, 0.4) is 0 Å². The van der Waals surface area contributed by atoms with E-state index in [1.54, 1.807) is 0 Å². The third-order valence-electron chi connectivity index (χ3n) is 6.55. The van der Waals surface area contributed by atoms with E-state index in [1.807, 2.05) is 9.80 Å². The van der Waals surface area contributed by atoms with Gasteiger partial charge in [-0.05, 0) is 62.0 Å². The topological polar surface area (TPSA) is 52.7 Å². The van der Waals surface area contributed by atoms with Crippen LogP contribution in [0.15, 0.2) is 24.3 Å². The van der Waals surface area contributed by atoms with Gasteiger partial charge in [-0.25, -0.2) is 4.79 Å². The molecular weight excluding hydrogens is 338 g/mol. The first-order valence-electron chi connectivity index (χ1n) is 10.6. The molecule has 0 bridgehead atoms. The highest BCUT2D eigenvalue weighted by Crippen LogP contribution is 2.24. The molecule has 0 saturated carbocycles. The van der Waals surface area contributed by atoms with Crippen molar-refractivity contribution in [3.8, 4) is 0 Å². The van der Waals surface area contributed by atoms with E-state index in [0.29, 0.717) is 11.8 Å². The van der Waals surface area contributed by atoms with Crippen LogP contribution < -0.4 is 5.32 Å². The molecule has 3 aliphatic rings. The molecule has 1 unspecified atom stereocenters. The lowest BCUT2D eigenvalue weighted by atomic mass is 9.88. The summed E-state index contributed by atoms with van der Waals surface area (Å²) in [7, 11) is 0. The molecule has 1 aliphatic carbocycles. The highest BCUT2D eigenvalue weighted by Gasteiger charge is 2.27. The minimum Gasteiger partial charge on any atom is -0.343 e. The van der Waals surface area contributed by atoms with Crippen molar-refractivity contribution in [3.63, 3.8) is 0 Å². The molecule has 2 aliphatic heterocycles. The molecule has 0 aromatic heterocycles. The van der Waals surface area contributed by atoms with Gasteiger partial charge in [-0.3, -0.25) is 4.79 Å². The number of benzene rings is 1. The van der Waals surface area contributed by atoms with Crippen molar-refractivity contribution in [1.29, 1.82) is 0 Å². The van der Waals surface area contributed by atoms with Crippen LogP contribution in [0.4, 0.5) is 4.79 Å². The number of amides is 3. The predicted molar refractivity (Wildman–Crippen MR) is 106 cm³/mol. The van der Waals surface area contributed by atoms with Crippen LogP contribution in [0.25, 0.3) is 0 Å². The quantitative estimate of drug-likeness (QED) is 0.887. The number of urea groups is 1. The van der Waals surface area contributed by atoms with Crippen molar-refractivity contribution < 1.29 is 9.59 Å². The fraction of sp³-hybridized carbons (Fsp3) is 0.636. The van der Waals surface area contributed by atoms with Gasteiger partial charge < -0.3 is 15.1 Å². The summed E-state index contributed by atoms with van der Waals surface area (Å²) in [5.74, 6) is 0.963. The summed E-state index contributed by atoms with van der Waals surface area (Å²) >= 11 is 0. The summed E-state index contributed by atoms with van der Waals surface area (Å²) < 4.78 is 0. The first kappa shape index (κ1) is 18.3. The third-order valence-corrected chi connectivity index (χ3v) is 6.55. The van der Waals surface area contributed by atoms with Gasteiger partial charge in [0.2, 0.25) is 5.91 Å². The van der Waals surface area contributed by atoms with Gasteiger partial charge in [0.15, 0.2) is 0 Å². The molecule has 5 nitrogen and oxygen atoms in total. The Kier molecular flexibility index (Phi) is 5.65. The Morgan fingerprint density at radius 1 is 1.04 bits per heavy atom. The largest absolute Gasteiger partial charge is 0.343 e. The minimum atomic E-state index is 0.104. The average molecular weight is 370 g/mol. The molecule has 4 rings (SSSR count). The SMILES string of the molecule is O=C1CCCN1CCC1CCN(C(=O)NC2CCc3ccccc3C2)CC1. The zero-order valence-electron chi connectivity index (χ0n) is 16.2. The Bertz CT molecular complexity index is 682. The lowest BCUT2D eigenvalue weighted by molar-refractivity contribution is -0.127. The second-order valence-corrected chi connectivity index (χ2v) is 8.36. The normalized spacial score (nSPS) is 23.4. The van der Waals surface area contributed by atoms with Gasteiger partial charge in [-0.1, -0.05) is 24.3 Å². The first-order valence-corrected chi connectivity index (χ1v) is 10.6. The van der Waals surface area contributed by atoms with E-state index in [-0.39, 0.29) is 12.1 Å². The molecular formula is C22H31N3O2. The number of nitrogens with zero attached hydrogens (tertiary/aromatic N) is 2. The Labute approximate surface area is 162 Å². The maximum Gasteiger partial charge on any atom is 0.317 e. The van der Waals surface area contributed by atoms with Gasteiger partial charge in [-0.15, -0.1) is 0 Å². The van der Waals surface area contributed by atoms with Gasteiger partial charge in [0.1, 0.15) is 0 Å². The molecule has 2 heterocycles. The van der Waals surface area contributed by atoms with Crippen LogP contribution in [0.2, 0.25) is 0 Å². The number of fused-ring (bicyclic) bond motifs is 1. The number of hydrogen-bond acceptors (Lipinski definition) is 2. The molecule has 1 aromatic rings. The summed E-state index contributed by atoms with van der Waals surface area (Å²) in [5, 5.41) is 3.26. The molecule has 1 aromatic carbocycles. The first-order chi connectivity index (χ1) is 13.2. The second-order valence-electron chi connectivity index (χ2n) is 8.36. The Balaban J connectivity index is 1.19. The molecule has 0 spiro atoms. The second kappa shape index (κ2) is 8.32. The molecule has 146 valence electrons. The summed E-state index contributed by atoms with van der Waals surface area (Å²) in [5.41, 5.74) is 2.81. The summed E-state index contributed by atoms with van der Waals surface area (Å²) in [6.07, 6.45) is 7.98. The van der Waals surface area contributed by atoms with Gasteiger partial charge >= 0.3 is 6.03 Å². The molecule has 3 amide bonds. The number of piperidine rings is 1. The fourth-order valence-electron chi connectivity index (χ4n) is 4.79. The van der Waals surface area contributed by atoms with E-state index in [1.165, 1.54) is 11.1 Å². The van der Waals surface area contributed by atoms with Crippen LogP contribution in [0, 0.1) is 5.92 Å². The molecule has 27 heavy (non-hydrogen) atoms. The van der Waals surface area contributed by atoms with E-state index in [2.05, 4.69) is 29.6 Å². The number of aryl methyl sites for hydroxylation is 1. The van der Waals surface area contributed by atoms with E-state index in [0.717, 1.165) is 77.5 Å². The van der Waals surface area contributed by atoms with Crippen LogP contribution >= 0.6 is 0 Å². The van der Waals surface area contributed by atoms with Crippen LogP contribution in [0.5, 0.6) is 0 Å². The van der Waals surface area contributed by atoms with Crippen LogP contribution in [0.1, 0.15) is 49.7 Å². The van der Waals surface area contributed by atoms with Gasteiger partial charge in [0.05, 0.1) is 0 Å². The van der Waals surface area contributed by atoms with Crippen molar-refractivity contribution in [2.45, 2.75) is 57.4 Å². The average Bonchev–Trinajstić information content (AvgIpc) is 3.11. The Hall–Kier alpha value is -2.04. The van der Waals surface area contributed by atoms with Gasteiger partial charge in [-0.2, -0.15) is 0 Å². The lowest BCUT2D eigenvalue weighted by Crippen LogP contribution is -2.49. The number of carbonyl (C=O) groups is 2. The fourth-order valence-corrected chi connectivity index (χ4v) is 4.79. The predicted octanol–water partition coefficient (Wildman–Crippen LogP) is 2.98. The standard InChI is InChI=1S/C22H31N3O2/c26-21-6-3-12-24(21)13-9-17-10-14-25(15-11-17)22(27)23-20-8-7-18-4-1-2-5-19(18)16-20/h1-2,4-5,17,20H,3,6-16H2,(H,23,27). The van der Waals surface area contributed by atoms with Crippen molar-refractivity contribution in [3.05, 3.63) is 35.4 Å². The highest BCUT2D eigenvalue weighted by atomic mass is 16.2. The Morgan fingerprint density at radius 2 is 1.81 bits per heavy atom. The molecule has 1 N–H and O–H groups in total. The smallest absolute Gasteiger partial charge is 0.317 e. The Morgan fingerprint density at radius 3 is 2.56 bits per heavy atom. The zero-order chi connectivity index (χ0) is 18.6.